The molecule has 2 aromatic carbocycles. The fourth-order valence-electron chi connectivity index (χ4n) is 2.80. The van der Waals surface area contributed by atoms with Crippen molar-refractivity contribution in [1.29, 1.82) is 5.26 Å². The summed E-state index contributed by atoms with van der Waals surface area (Å²) in [5.74, 6) is 1.52. The van der Waals surface area contributed by atoms with Crippen molar-refractivity contribution >= 4 is 29.4 Å². The minimum Gasteiger partial charge on any atom is -0.495 e. The van der Waals surface area contributed by atoms with E-state index < -0.39 is 0 Å². The number of carbonyl (C=O) groups is 1. The molecule has 8 heteroatoms. The third kappa shape index (κ3) is 4.95. The number of benzene rings is 2. The van der Waals surface area contributed by atoms with Gasteiger partial charge in [0.25, 0.3) is 5.91 Å². The van der Waals surface area contributed by atoms with Gasteiger partial charge < -0.3 is 24.8 Å². The van der Waals surface area contributed by atoms with Crippen LogP contribution in [0.15, 0.2) is 41.3 Å². The Hall–Kier alpha value is -3.31. The average molecular weight is 411 g/mol. The molecule has 1 saturated heterocycles. The summed E-state index contributed by atoms with van der Waals surface area (Å²) >= 11 is 1.38. The third-order valence-electron chi connectivity index (χ3n) is 4.15. The molecule has 1 aliphatic rings. The van der Waals surface area contributed by atoms with Gasteiger partial charge in [0.2, 0.25) is 0 Å². The molecule has 1 atom stereocenters. The number of rotatable bonds is 7. The molecule has 1 fully saturated rings. The Labute approximate surface area is 173 Å². The molecule has 0 saturated carbocycles. The largest absolute Gasteiger partial charge is 0.495 e. The van der Waals surface area contributed by atoms with Crippen LogP contribution in [0.3, 0.4) is 0 Å². The van der Waals surface area contributed by atoms with Crippen molar-refractivity contribution in [1.82, 2.24) is 5.32 Å². The molecule has 0 radical (unpaired) electrons. The zero-order valence-corrected chi connectivity index (χ0v) is 17.1. The topological polar surface area (TPSA) is 92.6 Å². The first-order valence-corrected chi connectivity index (χ1v) is 9.70. The summed E-state index contributed by atoms with van der Waals surface area (Å²) < 4.78 is 16.0. The summed E-state index contributed by atoms with van der Waals surface area (Å²) in [6, 6.07) is 13.0. The second-order valence-corrected chi connectivity index (χ2v) is 7.33. The Bertz CT molecular complexity index is 984. The van der Waals surface area contributed by atoms with E-state index >= 15 is 0 Å². The van der Waals surface area contributed by atoms with Crippen LogP contribution >= 0.6 is 11.8 Å². The highest BCUT2D eigenvalue weighted by molar-refractivity contribution is 8.05. The summed E-state index contributed by atoms with van der Waals surface area (Å²) in [6.07, 6.45) is 1.78. The van der Waals surface area contributed by atoms with Gasteiger partial charge in [-0.15, -0.1) is 0 Å². The molecule has 2 aromatic rings. The number of nitrogens with zero attached hydrogens (tertiary/aromatic N) is 1. The number of anilines is 1. The molecule has 1 unspecified atom stereocenters. The van der Waals surface area contributed by atoms with Crippen LogP contribution in [0.4, 0.5) is 5.69 Å². The minimum atomic E-state index is -0.315. The molecule has 0 spiro atoms. The lowest BCUT2D eigenvalue weighted by Crippen LogP contribution is -2.31. The van der Waals surface area contributed by atoms with Gasteiger partial charge in [-0.3, -0.25) is 4.79 Å². The van der Waals surface area contributed by atoms with Gasteiger partial charge in [0.1, 0.15) is 11.8 Å². The Kier molecular flexibility index (Phi) is 6.52. The monoisotopic (exact) mass is 411 g/mol. The molecule has 7 nitrogen and oxygen atoms in total. The number of methoxy groups -OCH3 is 2. The first kappa shape index (κ1) is 20.4. The number of hydrogen-bond acceptors (Lipinski definition) is 7. The van der Waals surface area contributed by atoms with E-state index in [9.17, 15) is 4.79 Å². The van der Waals surface area contributed by atoms with Gasteiger partial charge in [0, 0.05) is 0 Å². The van der Waals surface area contributed by atoms with Crippen LogP contribution in [0.25, 0.3) is 6.08 Å². The number of carbonyl (C=O) groups excluding carboxylic acids is 1. The Morgan fingerprint density at radius 1 is 1.17 bits per heavy atom. The number of ether oxygens (including phenoxy) is 3. The quantitative estimate of drug-likeness (QED) is 0.674. The number of hydrogen-bond donors (Lipinski definition) is 2. The Morgan fingerprint density at radius 3 is 2.66 bits per heavy atom. The van der Waals surface area contributed by atoms with Crippen molar-refractivity contribution in [3.8, 4) is 23.3 Å². The molecule has 1 aliphatic heterocycles. The molecule has 1 amide bonds. The highest BCUT2D eigenvalue weighted by Crippen LogP contribution is 2.35. The minimum absolute atomic E-state index is 0.0647. The number of aryl methyl sites for hydroxylation is 1. The van der Waals surface area contributed by atoms with E-state index in [-0.39, 0.29) is 18.0 Å². The van der Waals surface area contributed by atoms with Crippen molar-refractivity contribution in [2.75, 3.05) is 26.1 Å². The highest BCUT2D eigenvalue weighted by atomic mass is 32.2. The maximum absolute atomic E-state index is 12.4. The van der Waals surface area contributed by atoms with Gasteiger partial charge in [-0.2, -0.15) is 5.26 Å². The van der Waals surface area contributed by atoms with Crippen molar-refractivity contribution in [2.45, 2.75) is 12.4 Å². The maximum atomic E-state index is 12.4. The summed E-state index contributed by atoms with van der Waals surface area (Å²) in [6.45, 7) is 1.93. The van der Waals surface area contributed by atoms with E-state index in [2.05, 4.69) is 10.6 Å². The van der Waals surface area contributed by atoms with Crippen LogP contribution in [0.2, 0.25) is 0 Å². The van der Waals surface area contributed by atoms with Crippen LogP contribution < -0.4 is 24.8 Å². The van der Waals surface area contributed by atoms with Crippen molar-refractivity contribution in [3.63, 3.8) is 0 Å². The van der Waals surface area contributed by atoms with Gasteiger partial charge in [-0.1, -0.05) is 23.9 Å². The van der Waals surface area contributed by atoms with Crippen LogP contribution in [-0.4, -0.2) is 32.2 Å². The van der Waals surface area contributed by atoms with Gasteiger partial charge >= 0.3 is 0 Å². The SMILES string of the molecule is COc1ccc(C)cc1NC1NC(=O)/C(=C/c2ccc(OCC#N)c(OC)c2)S1. The summed E-state index contributed by atoms with van der Waals surface area (Å²) in [7, 11) is 3.14. The lowest BCUT2D eigenvalue weighted by molar-refractivity contribution is -0.116. The fraction of sp³-hybridized carbons (Fsp3) is 0.238. The normalized spacial score (nSPS) is 16.8. The molecule has 0 aliphatic carbocycles. The smallest absolute Gasteiger partial charge is 0.260 e. The Balaban J connectivity index is 1.76. The lowest BCUT2D eigenvalue weighted by atomic mass is 10.2. The molecule has 1 heterocycles. The number of thioether (sulfide) groups is 1. The zero-order chi connectivity index (χ0) is 20.8. The second-order valence-electron chi connectivity index (χ2n) is 6.19. The number of nitrogens with one attached hydrogen (secondary N) is 2. The van der Waals surface area contributed by atoms with E-state index in [1.807, 2.05) is 31.2 Å². The highest BCUT2D eigenvalue weighted by Gasteiger charge is 2.28. The maximum Gasteiger partial charge on any atom is 0.260 e. The van der Waals surface area contributed by atoms with Crippen LogP contribution in [0.5, 0.6) is 17.2 Å². The fourth-order valence-corrected chi connectivity index (χ4v) is 3.77. The van der Waals surface area contributed by atoms with Gasteiger partial charge in [-0.25, -0.2) is 0 Å². The van der Waals surface area contributed by atoms with Gasteiger partial charge in [-0.05, 0) is 48.4 Å². The Morgan fingerprint density at radius 2 is 1.93 bits per heavy atom. The molecular weight excluding hydrogens is 390 g/mol. The van der Waals surface area contributed by atoms with Crippen LogP contribution in [-0.2, 0) is 4.79 Å². The lowest BCUT2D eigenvalue weighted by Gasteiger charge is -2.16. The van der Waals surface area contributed by atoms with Gasteiger partial charge in [0.05, 0.1) is 24.8 Å². The van der Waals surface area contributed by atoms with E-state index in [4.69, 9.17) is 19.5 Å². The average Bonchev–Trinajstić information content (AvgIpc) is 3.05. The first-order chi connectivity index (χ1) is 14.0. The standard InChI is InChI=1S/C21H21N3O4S/c1-13-4-6-16(26-2)15(10-13)23-21-24-20(25)19(29-21)12-14-5-7-17(28-9-8-22)18(11-14)27-3/h4-7,10-12,21,23H,9H2,1-3H3,(H,24,25)/b19-12-. The van der Waals surface area contributed by atoms with Gasteiger partial charge in [0.15, 0.2) is 23.6 Å². The molecule has 29 heavy (non-hydrogen) atoms. The van der Waals surface area contributed by atoms with E-state index in [1.54, 1.807) is 31.4 Å². The summed E-state index contributed by atoms with van der Waals surface area (Å²) in [4.78, 5) is 13.0. The van der Waals surface area contributed by atoms with E-state index in [0.29, 0.717) is 22.2 Å². The molecule has 3 rings (SSSR count). The molecule has 2 N–H and O–H groups in total. The van der Waals surface area contributed by atoms with Crippen molar-refractivity contribution < 1.29 is 19.0 Å². The number of amides is 1. The molecule has 150 valence electrons. The van der Waals surface area contributed by atoms with Crippen LogP contribution in [0.1, 0.15) is 11.1 Å². The molecule has 0 bridgehead atoms. The van der Waals surface area contributed by atoms with Crippen molar-refractivity contribution in [3.05, 3.63) is 52.4 Å². The predicted octanol–water partition coefficient (Wildman–Crippen LogP) is 3.51. The molecule has 0 aromatic heterocycles. The molecular formula is C21H21N3O4S. The second kappa shape index (κ2) is 9.26. The van der Waals surface area contributed by atoms with E-state index in [1.165, 1.54) is 18.9 Å². The van der Waals surface area contributed by atoms with Crippen LogP contribution in [0, 0.1) is 18.3 Å². The summed E-state index contributed by atoms with van der Waals surface area (Å²) in [5, 5.41) is 14.9. The van der Waals surface area contributed by atoms with Crippen molar-refractivity contribution in [2.24, 2.45) is 0 Å². The number of nitriles is 1. The summed E-state index contributed by atoms with van der Waals surface area (Å²) in [5.41, 5.74) is 2.37. The zero-order valence-electron chi connectivity index (χ0n) is 16.3. The first-order valence-electron chi connectivity index (χ1n) is 8.82. The predicted molar refractivity (Wildman–Crippen MR) is 113 cm³/mol. The third-order valence-corrected chi connectivity index (χ3v) is 5.18. The van der Waals surface area contributed by atoms with E-state index in [0.717, 1.165) is 16.8 Å².